The molecule has 3 rings (SSSR count). The number of aromatic nitrogens is 2. The number of fused-ring (bicyclic) bond motifs is 1. The van der Waals surface area contributed by atoms with Gasteiger partial charge in [0.15, 0.2) is 0 Å². The average molecular weight is 327 g/mol. The van der Waals surface area contributed by atoms with Crippen LogP contribution in [0, 0.1) is 6.92 Å². The summed E-state index contributed by atoms with van der Waals surface area (Å²) in [6.07, 6.45) is 4.11. The molecule has 0 aliphatic carbocycles. The van der Waals surface area contributed by atoms with Crippen molar-refractivity contribution in [3.63, 3.8) is 0 Å². The molecular weight excluding hydrogens is 302 g/mol. The zero-order valence-corrected chi connectivity index (χ0v) is 14.7. The molecule has 1 amide bonds. The molecule has 0 fully saturated rings. The maximum Gasteiger partial charge on any atom is 0.227 e. The molecule has 128 valence electrons. The highest BCUT2D eigenvalue weighted by atomic mass is 16.5. The van der Waals surface area contributed by atoms with Crippen LogP contribution in [0.4, 0.5) is 0 Å². The van der Waals surface area contributed by atoms with Gasteiger partial charge in [0.2, 0.25) is 5.91 Å². The number of rotatable bonds is 5. The summed E-state index contributed by atoms with van der Waals surface area (Å²) in [5, 5.41) is 4.22. The number of hydrogen-bond donors (Lipinski definition) is 0. The van der Waals surface area contributed by atoms with Crippen molar-refractivity contribution in [2.45, 2.75) is 39.7 Å². The number of benzene rings is 1. The first kappa shape index (κ1) is 16.6. The van der Waals surface area contributed by atoms with Crippen LogP contribution in [0.3, 0.4) is 0 Å². The van der Waals surface area contributed by atoms with E-state index in [1.807, 2.05) is 29.6 Å². The minimum atomic E-state index is 0.169. The molecule has 5 heteroatoms. The second kappa shape index (κ2) is 7.07. The minimum Gasteiger partial charge on any atom is -0.494 e. The van der Waals surface area contributed by atoms with E-state index in [0.29, 0.717) is 13.0 Å². The Morgan fingerprint density at radius 2 is 2.17 bits per heavy atom. The van der Waals surface area contributed by atoms with E-state index in [2.05, 4.69) is 24.2 Å². The van der Waals surface area contributed by atoms with Crippen molar-refractivity contribution in [2.24, 2.45) is 7.05 Å². The molecule has 0 saturated carbocycles. The van der Waals surface area contributed by atoms with Gasteiger partial charge in [0, 0.05) is 31.4 Å². The molecule has 0 bridgehead atoms. The van der Waals surface area contributed by atoms with Crippen LogP contribution in [0.15, 0.2) is 24.4 Å². The van der Waals surface area contributed by atoms with Gasteiger partial charge in [-0.2, -0.15) is 5.10 Å². The number of aryl methyl sites for hydroxylation is 1. The standard InChI is InChI=1S/C19H25N3O2/c1-4-9-24-18-6-5-16-13-22(8-7-15(16)10-18)19(23)11-17-12-20-21(3)14(17)2/h5-6,10,12H,4,7-9,11,13H2,1-3H3. The highest BCUT2D eigenvalue weighted by Crippen LogP contribution is 2.24. The van der Waals surface area contributed by atoms with Crippen molar-refractivity contribution in [3.05, 3.63) is 46.8 Å². The highest BCUT2D eigenvalue weighted by Gasteiger charge is 2.22. The second-order valence-electron chi connectivity index (χ2n) is 6.40. The van der Waals surface area contributed by atoms with Gasteiger partial charge in [-0.3, -0.25) is 9.48 Å². The largest absolute Gasteiger partial charge is 0.494 e. The third-order valence-corrected chi connectivity index (χ3v) is 4.69. The van der Waals surface area contributed by atoms with E-state index in [0.717, 1.165) is 43.0 Å². The van der Waals surface area contributed by atoms with E-state index in [4.69, 9.17) is 4.74 Å². The van der Waals surface area contributed by atoms with Gasteiger partial charge >= 0.3 is 0 Å². The number of carbonyl (C=O) groups is 1. The Balaban J connectivity index is 1.66. The second-order valence-corrected chi connectivity index (χ2v) is 6.40. The van der Waals surface area contributed by atoms with Crippen molar-refractivity contribution in [1.82, 2.24) is 14.7 Å². The van der Waals surface area contributed by atoms with Crippen molar-refractivity contribution in [2.75, 3.05) is 13.2 Å². The third kappa shape index (κ3) is 3.45. The molecule has 24 heavy (non-hydrogen) atoms. The summed E-state index contributed by atoms with van der Waals surface area (Å²) in [6.45, 7) is 6.29. The predicted octanol–water partition coefficient (Wildman–Crippen LogP) is 2.64. The molecule has 0 N–H and O–H groups in total. The lowest BCUT2D eigenvalue weighted by atomic mass is 9.99. The first-order valence-electron chi connectivity index (χ1n) is 8.58. The summed E-state index contributed by atoms with van der Waals surface area (Å²) < 4.78 is 7.51. The zero-order chi connectivity index (χ0) is 17.1. The quantitative estimate of drug-likeness (QED) is 0.848. The van der Waals surface area contributed by atoms with Crippen LogP contribution in [0.2, 0.25) is 0 Å². The SMILES string of the molecule is CCCOc1ccc2c(c1)CCN(C(=O)Cc1cnn(C)c1C)C2. The fourth-order valence-corrected chi connectivity index (χ4v) is 3.04. The Kier molecular flexibility index (Phi) is 4.88. The minimum absolute atomic E-state index is 0.169. The Labute approximate surface area is 143 Å². The fraction of sp³-hybridized carbons (Fsp3) is 0.474. The number of nitrogens with zero attached hydrogens (tertiary/aromatic N) is 3. The summed E-state index contributed by atoms with van der Waals surface area (Å²) in [5.41, 5.74) is 4.58. The van der Waals surface area contributed by atoms with Crippen molar-refractivity contribution in [1.29, 1.82) is 0 Å². The molecule has 0 spiro atoms. The molecule has 5 nitrogen and oxygen atoms in total. The molecular formula is C19H25N3O2. The van der Waals surface area contributed by atoms with Gasteiger partial charge in [-0.05, 0) is 43.0 Å². The van der Waals surface area contributed by atoms with Crippen molar-refractivity contribution in [3.8, 4) is 5.75 Å². The third-order valence-electron chi connectivity index (χ3n) is 4.69. The Hall–Kier alpha value is -2.30. The van der Waals surface area contributed by atoms with Crippen LogP contribution < -0.4 is 4.74 Å². The highest BCUT2D eigenvalue weighted by molar-refractivity contribution is 5.79. The van der Waals surface area contributed by atoms with Gasteiger partial charge in [0.25, 0.3) is 0 Å². The maximum absolute atomic E-state index is 12.6. The zero-order valence-electron chi connectivity index (χ0n) is 14.7. The van der Waals surface area contributed by atoms with E-state index in [9.17, 15) is 4.79 Å². The van der Waals surface area contributed by atoms with Gasteiger partial charge in [-0.1, -0.05) is 13.0 Å². The molecule has 1 aliphatic heterocycles. The Bertz CT molecular complexity index is 736. The van der Waals surface area contributed by atoms with Gasteiger partial charge in [-0.15, -0.1) is 0 Å². The Morgan fingerprint density at radius 1 is 1.33 bits per heavy atom. The van der Waals surface area contributed by atoms with Crippen molar-refractivity contribution >= 4 is 5.91 Å². The molecule has 0 atom stereocenters. The fourth-order valence-electron chi connectivity index (χ4n) is 3.04. The lowest BCUT2D eigenvalue weighted by molar-refractivity contribution is -0.131. The number of ether oxygens (including phenoxy) is 1. The average Bonchev–Trinajstić information content (AvgIpc) is 2.91. The van der Waals surface area contributed by atoms with E-state index < -0.39 is 0 Å². The van der Waals surface area contributed by atoms with Crippen LogP contribution >= 0.6 is 0 Å². The summed E-state index contributed by atoms with van der Waals surface area (Å²) in [5.74, 6) is 1.10. The topological polar surface area (TPSA) is 47.4 Å². The molecule has 1 aromatic carbocycles. The van der Waals surface area contributed by atoms with Crippen LogP contribution in [0.5, 0.6) is 5.75 Å². The molecule has 2 heterocycles. The summed E-state index contributed by atoms with van der Waals surface area (Å²) in [6, 6.07) is 6.22. The normalized spacial score (nSPS) is 13.7. The lowest BCUT2D eigenvalue weighted by Crippen LogP contribution is -2.37. The summed E-state index contributed by atoms with van der Waals surface area (Å²) in [7, 11) is 1.90. The maximum atomic E-state index is 12.6. The van der Waals surface area contributed by atoms with Crippen molar-refractivity contribution < 1.29 is 9.53 Å². The Morgan fingerprint density at radius 3 is 2.88 bits per heavy atom. The number of hydrogen-bond acceptors (Lipinski definition) is 3. The first-order valence-corrected chi connectivity index (χ1v) is 8.58. The van der Waals surface area contributed by atoms with Crippen LogP contribution in [-0.2, 0) is 31.2 Å². The van der Waals surface area contributed by atoms with Gasteiger partial charge < -0.3 is 9.64 Å². The predicted molar refractivity (Wildman–Crippen MR) is 93.0 cm³/mol. The van der Waals surface area contributed by atoms with Crippen LogP contribution in [0.25, 0.3) is 0 Å². The molecule has 1 aliphatic rings. The van der Waals surface area contributed by atoms with Gasteiger partial charge in [0.1, 0.15) is 5.75 Å². The van der Waals surface area contributed by atoms with Gasteiger partial charge in [0.05, 0.1) is 19.2 Å². The van der Waals surface area contributed by atoms with E-state index in [1.165, 1.54) is 11.1 Å². The molecule has 0 saturated heterocycles. The van der Waals surface area contributed by atoms with Gasteiger partial charge in [-0.25, -0.2) is 0 Å². The van der Waals surface area contributed by atoms with Crippen LogP contribution in [0.1, 0.15) is 35.7 Å². The monoisotopic (exact) mass is 327 g/mol. The molecule has 0 unspecified atom stereocenters. The van der Waals surface area contributed by atoms with E-state index in [1.54, 1.807) is 6.20 Å². The first-order chi connectivity index (χ1) is 11.6. The number of carbonyl (C=O) groups excluding carboxylic acids is 1. The van der Waals surface area contributed by atoms with Crippen LogP contribution in [-0.4, -0.2) is 33.7 Å². The molecule has 2 aromatic rings. The molecule has 0 radical (unpaired) electrons. The van der Waals surface area contributed by atoms with E-state index >= 15 is 0 Å². The summed E-state index contributed by atoms with van der Waals surface area (Å²) in [4.78, 5) is 14.6. The molecule has 1 aromatic heterocycles. The smallest absolute Gasteiger partial charge is 0.227 e. The number of amides is 1. The lowest BCUT2D eigenvalue weighted by Gasteiger charge is -2.29. The summed E-state index contributed by atoms with van der Waals surface area (Å²) >= 11 is 0. The van der Waals surface area contributed by atoms with E-state index in [-0.39, 0.29) is 5.91 Å².